The standard InChI is InChI=1S/C29H32N2O7/c1-16-8-10-21(34-3)20(12-16)30-28(32)26-18-14-24(37-6)25(38-7)15-19(18)29(33)31(2)27(26)17-9-11-22(35-4)23(13-17)36-5/h8-15,26-27H,1-7H3,(H,30,32)/t26-,27+/m1/s1. The highest BCUT2D eigenvalue weighted by Gasteiger charge is 2.44. The lowest BCUT2D eigenvalue weighted by atomic mass is 9.79. The Morgan fingerprint density at radius 3 is 1.97 bits per heavy atom. The second-order valence-electron chi connectivity index (χ2n) is 8.94. The Morgan fingerprint density at radius 1 is 0.763 bits per heavy atom. The summed E-state index contributed by atoms with van der Waals surface area (Å²) in [6, 6.07) is 13.6. The van der Waals surface area contributed by atoms with E-state index in [1.165, 1.54) is 21.3 Å². The summed E-state index contributed by atoms with van der Waals surface area (Å²) in [7, 11) is 9.33. The Hall–Kier alpha value is -4.40. The first kappa shape index (κ1) is 26.7. The van der Waals surface area contributed by atoms with Crippen LogP contribution in [0.1, 0.15) is 39.0 Å². The van der Waals surface area contributed by atoms with Crippen molar-refractivity contribution in [3.05, 3.63) is 70.8 Å². The van der Waals surface area contributed by atoms with Crippen molar-refractivity contribution < 1.29 is 33.3 Å². The molecule has 0 aromatic heterocycles. The van der Waals surface area contributed by atoms with Gasteiger partial charge in [-0.25, -0.2) is 0 Å². The fourth-order valence-electron chi connectivity index (χ4n) is 4.91. The summed E-state index contributed by atoms with van der Waals surface area (Å²) in [5.41, 5.74) is 3.08. The number of benzene rings is 3. The minimum absolute atomic E-state index is 0.252. The molecule has 1 N–H and O–H groups in total. The number of nitrogens with zero attached hydrogens (tertiary/aromatic N) is 1. The van der Waals surface area contributed by atoms with Gasteiger partial charge in [0.15, 0.2) is 23.0 Å². The predicted octanol–water partition coefficient (Wildman–Crippen LogP) is 4.59. The molecule has 2 amide bonds. The molecule has 0 bridgehead atoms. The number of methoxy groups -OCH3 is 5. The lowest BCUT2D eigenvalue weighted by Gasteiger charge is -2.40. The van der Waals surface area contributed by atoms with Crippen LogP contribution in [0, 0.1) is 6.92 Å². The van der Waals surface area contributed by atoms with Gasteiger partial charge < -0.3 is 33.9 Å². The summed E-state index contributed by atoms with van der Waals surface area (Å²) in [5.74, 6) is 0.995. The van der Waals surface area contributed by atoms with Gasteiger partial charge >= 0.3 is 0 Å². The number of hydrogen-bond donors (Lipinski definition) is 1. The lowest BCUT2D eigenvalue weighted by Crippen LogP contribution is -2.44. The van der Waals surface area contributed by atoms with E-state index in [9.17, 15) is 9.59 Å². The number of carbonyl (C=O) groups excluding carboxylic acids is 2. The van der Waals surface area contributed by atoms with Crippen LogP contribution in [-0.2, 0) is 4.79 Å². The molecule has 1 aliphatic heterocycles. The highest BCUT2D eigenvalue weighted by atomic mass is 16.5. The topological polar surface area (TPSA) is 95.6 Å². The Balaban J connectivity index is 1.92. The summed E-state index contributed by atoms with van der Waals surface area (Å²) in [6.07, 6.45) is 0. The zero-order chi connectivity index (χ0) is 27.6. The van der Waals surface area contributed by atoms with E-state index in [2.05, 4.69) is 5.32 Å². The first-order valence-corrected chi connectivity index (χ1v) is 12.0. The monoisotopic (exact) mass is 520 g/mol. The van der Waals surface area contributed by atoms with Crippen molar-refractivity contribution >= 4 is 17.5 Å². The Bertz CT molecular complexity index is 1370. The number of aryl methyl sites for hydroxylation is 1. The number of nitrogens with one attached hydrogen (secondary N) is 1. The summed E-state index contributed by atoms with van der Waals surface area (Å²) >= 11 is 0. The first-order valence-electron chi connectivity index (χ1n) is 12.0. The van der Waals surface area contributed by atoms with Crippen LogP contribution >= 0.6 is 0 Å². The molecule has 1 aliphatic rings. The molecule has 0 radical (unpaired) electrons. The molecule has 4 rings (SSSR count). The van der Waals surface area contributed by atoms with E-state index in [-0.39, 0.29) is 11.8 Å². The molecule has 0 fully saturated rings. The SMILES string of the molecule is COc1ccc(C)cc1NC(=O)[C@@H]1c2cc(OC)c(OC)cc2C(=O)N(C)[C@H]1c1ccc(OC)c(OC)c1. The number of likely N-dealkylation sites (N-methyl/N-ethyl adjacent to an activating group) is 1. The lowest BCUT2D eigenvalue weighted by molar-refractivity contribution is -0.119. The summed E-state index contributed by atoms with van der Waals surface area (Å²) < 4.78 is 27.4. The number of rotatable bonds is 8. The van der Waals surface area contributed by atoms with E-state index in [4.69, 9.17) is 23.7 Å². The Kier molecular flexibility index (Phi) is 7.66. The van der Waals surface area contributed by atoms with Crippen molar-refractivity contribution in [2.24, 2.45) is 0 Å². The van der Waals surface area contributed by atoms with Crippen molar-refractivity contribution in [2.45, 2.75) is 18.9 Å². The molecule has 38 heavy (non-hydrogen) atoms. The van der Waals surface area contributed by atoms with E-state index in [1.807, 2.05) is 25.1 Å². The van der Waals surface area contributed by atoms with E-state index in [0.29, 0.717) is 51.1 Å². The van der Waals surface area contributed by atoms with Crippen molar-refractivity contribution in [1.29, 1.82) is 0 Å². The number of ether oxygens (including phenoxy) is 5. The third kappa shape index (κ3) is 4.67. The fraction of sp³-hybridized carbons (Fsp3) is 0.310. The van der Waals surface area contributed by atoms with Gasteiger partial charge in [-0.2, -0.15) is 0 Å². The molecule has 3 aromatic carbocycles. The molecule has 0 saturated heterocycles. The van der Waals surface area contributed by atoms with Crippen LogP contribution in [0.2, 0.25) is 0 Å². The number of carbonyl (C=O) groups is 2. The van der Waals surface area contributed by atoms with Gasteiger partial charge in [0, 0.05) is 12.6 Å². The van der Waals surface area contributed by atoms with Gasteiger partial charge in [-0.05, 0) is 60.0 Å². The van der Waals surface area contributed by atoms with Crippen molar-refractivity contribution in [3.63, 3.8) is 0 Å². The van der Waals surface area contributed by atoms with Crippen molar-refractivity contribution in [1.82, 2.24) is 4.90 Å². The normalized spacial score (nSPS) is 16.4. The highest BCUT2D eigenvalue weighted by molar-refractivity contribution is 6.05. The van der Waals surface area contributed by atoms with Gasteiger partial charge in [0.1, 0.15) is 5.75 Å². The maximum Gasteiger partial charge on any atom is 0.254 e. The molecule has 0 unspecified atom stereocenters. The minimum Gasteiger partial charge on any atom is -0.495 e. The third-order valence-corrected chi connectivity index (χ3v) is 6.82. The first-order chi connectivity index (χ1) is 18.3. The molecule has 9 heteroatoms. The van der Waals surface area contributed by atoms with Crippen LogP contribution < -0.4 is 29.0 Å². The van der Waals surface area contributed by atoms with Gasteiger partial charge in [0.2, 0.25) is 5.91 Å². The number of fused-ring (bicyclic) bond motifs is 1. The van der Waals surface area contributed by atoms with Crippen molar-refractivity contribution in [3.8, 4) is 28.7 Å². The molecule has 2 atom stereocenters. The summed E-state index contributed by atoms with van der Waals surface area (Å²) in [4.78, 5) is 29.3. The number of anilines is 1. The molecular weight excluding hydrogens is 488 g/mol. The minimum atomic E-state index is -0.809. The van der Waals surface area contributed by atoms with Gasteiger partial charge in [-0.3, -0.25) is 9.59 Å². The van der Waals surface area contributed by atoms with Crippen LogP contribution in [0.4, 0.5) is 5.69 Å². The summed E-state index contributed by atoms with van der Waals surface area (Å²) in [6.45, 7) is 1.93. The number of amides is 2. The Labute approximate surface area is 222 Å². The molecule has 1 heterocycles. The quantitative estimate of drug-likeness (QED) is 0.464. The zero-order valence-electron chi connectivity index (χ0n) is 22.6. The fourth-order valence-corrected chi connectivity index (χ4v) is 4.91. The van der Waals surface area contributed by atoms with Gasteiger partial charge in [0.25, 0.3) is 5.91 Å². The van der Waals surface area contributed by atoms with Gasteiger partial charge in [0.05, 0.1) is 53.2 Å². The van der Waals surface area contributed by atoms with Crippen LogP contribution in [0.5, 0.6) is 28.7 Å². The van der Waals surface area contributed by atoms with E-state index in [1.54, 1.807) is 56.5 Å². The Morgan fingerprint density at radius 2 is 1.34 bits per heavy atom. The van der Waals surface area contributed by atoms with Gasteiger partial charge in [-0.15, -0.1) is 0 Å². The smallest absolute Gasteiger partial charge is 0.254 e. The second kappa shape index (κ2) is 10.9. The molecule has 0 spiro atoms. The van der Waals surface area contributed by atoms with Crippen LogP contribution in [0.25, 0.3) is 0 Å². The molecule has 0 saturated carbocycles. The highest BCUT2D eigenvalue weighted by Crippen LogP contribution is 2.47. The maximum atomic E-state index is 14.1. The average molecular weight is 521 g/mol. The predicted molar refractivity (Wildman–Crippen MR) is 143 cm³/mol. The van der Waals surface area contributed by atoms with E-state index in [0.717, 1.165) is 5.56 Å². The average Bonchev–Trinajstić information content (AvgIpc) is 2.93. The second-order valence-corrected chi connectivity index (χ2v) is 8.94. The van der Waals surface area contributed by atoms with Crippen molar-refractivity contribution in [2.75, 3.05) is 47.9 Å². The largest absolute Gasteiger partial charge is 0.495 e. The van der Waals surface area contributed by atoms with Gasteiger partial charge in [-0.1, -0.05) is 12.1 Å². The molecular formula is C29H32N2O7. The molecule has 3 aromatic rings. The van der Waals surface area contributed by atoms with E-state index >= 15 is 0 Å². The van der Waals surface area contributed by atoms with Crippen LogP contribution in [-0.4, -0.2) is 59.3 Å². The molecule has 200 valence electrons. The zero-order valence-corrected chi connectivity index (χ0v) is 22.6. The summed E-state index contributed by atoms with van der Waals surface area (Å²) in [5, 5.41) is 3.04. The molecule has 0 aliphatic carbocycles. The molecule has 9 nitrogen and oxygen atoms in total. The van der Waals surface area contributed by atoms with Crippen LogP contribution in [0.15, 0.2) is 48.5 Å². The van der Waals surface area contributed by atoms with E-state index < -0.39 is 12.0 Å². The third-order valence-electron chi connectivity index (χ3n) is 6.82. The number of hydrogen-bond acceptors (Lipinski definition) is 7. The van der Waals surface area contributed by atoms with Crippen LogP contribution in [0.3, 0.4) is 0 Å². The maximum absolute atomic E-state index is 14.1.